The van der Waals surface area contributed by atoms with Gasteiger partial charge in [-0.1, -0.05) is 381 Å². The van der Waals surface area contributed by atoms with Crippen LogP contribution in [0.25, 0.3) is 0 Å². The molecule has 0 heterocycles. The molecular formula is C74H150INO2. The number of quaternary nitrogens is 1. The van der Waals surface area contributed by atoms with Crippen molar-refractivity contribution in [3.8, 4) is 0 Å². The Morgan fingerprint density at radius 3 is 0.667 bits per heavy atom. The number of unbranched alkanes of at least 4 members (excludes halogenated alkanes) is 57. The molecule has 0 aliphatic heterocycles. The summed E-state index contributed by atoms with van der Waals surface area (Å²) in [5, 5.41) is 0. The third kappa shape index (κ3) is 62.4. The second-order valence-corrected chi connectivity index (χ2v) is 26.1. The highest BCUT2D eigenvalue weighted by atomic mass is 127. The highest BCUT2D eigenvalue weighted by Gasteiger charge is 2.29. The van der Waals surface area contributed by atoms with E-state index in [-0.39, 0.29) is 30.1 Å². The van der Waals surface area contributed by atoms with Gasteiger partial charge in [0.1, 0.15) is 19.3 Å². The van der Waals surface area contributed by atoms with Crippen molar-refractivity contribution in [2.24, 2.45) is 0 Å². The van der Waals surface area contributed by atoms with Crippen LogP contribution in [0.15, 0.2) is 0 Å². The van der Waals surface area contributed by atoms with E-state index in [9.17, 15) is 4.79 Å². The molecule has 4 heteroatoms. The van der Waals surface area contributed by atoms with E-state index in [4.69, 9.17) is 4.74 Å². The Bertz CT molecular complexity index is 1080. The molecule has 0 aliphatic rings. The van der Waals surface area contributed by atoms with Gasteiger partial charge in [0.15, 0.2) is 5.78 Å². The molecular weight excluding hydrogens is 1060 g/mol. The topological polar surface area (TPSA) is 26.3 Å². The molecule has 0 aromatic rings. The molecule has 0 aromatic carbocycles. The lowest BCUT2D eigenvalue weighted by molar-refractivity contribution is -0.929. The number of ether oxygens (including phenoxy) is 1. The average Bonchev–Trinajstić information content (AvgIpc) is 3.44. The Hall–Kier alpha value is 0.320. The van der Waals surface area contributed by atoms with E-state index in [0.717, 1.165) is 19.4 Å². The summed E-state index contributed by atoms with van der Waals surface area (Å²) >= 11 is 0. The number of halogens is 1. The van der Waals surface area contributed by atoms with Crippen molar-refractivity contribution in [3.63, 3.8) is 0 Å². The molecule has 0 amide bonds. The summed E-state index contributed by atoms with van der Waals surface area (Å²) < 4.78 is 7.68. The number of carbonyl (C=O) groups is 1. The lowest BCUT2D eigenvalue weighted by atomic mass is 10.0. The van der Waals surface area contributed by atoms with E-state index >= 15 is 0 Å². The van der Waals surface area contributed by atoms with Crippen LogP contribution in [0.5, 0.6) is 0 Å². The van der Waals surface area contributed by atoms with Crippen LogP contribution in [-0.4, -0.2) is 49.2 Å². The molecule has 0 rings (SSSR count). The largest absolute Gasteiger partial charge is 1.00 e. The summed E-state index contributed by atoms with van der Waals surface area (Å²) in [5.74, 6) is 0.330. The first-order valence-electron chi connectivity index (χ1n) is 37.1. The van der Waals surface area contributed by atoms with E-state index in [1.807, 2.05) is 0 Å². The fourth-order valence-corrected chi connectivity index (χ4v) is 12.7. The summed E-state index contributed by atoms with van der Waals surface area (Å²) in [6.45, 7) is 16.9. The van der Waals surface area contributed by atoms with Gasteiger partial charge in [0, 0.05) is 6.42 Å². The zero-order valence-electron chi connectivity index (χ0n) is 55.1. The Morgan fingerprint density at radius 2 is 0.474 bits per heavy atom. The summed E-state index contributed by atoms with van der Waals surface area (Å²) in [6.07, 6.45) is 87.7. The highest BCUT2D eigenvalue weighted by Crippen LogP contribution is 2.22. The molecule has 0 aromatic heterocycles. The van der Waals surface area contributed by atoms with Gasteiger partial charge in [-0.25, -0.2) is 0 Å². The summed E-state index contributed by atoms with van der Waals surface area (Å²) in [5.41, 5.74) is 0. The van der Waals surface area contributed by atoms with Crippen molar-refractivity contribution in [2.45, 2.75) is 439 Å². The molecule has 78 heavy (non-hydrogen) atoms. The molecule has 2 atom stereocenters. The fourth-order valence-electron chi connectivity index (χ4n) is 12.7. The first-order chi connectivity index (χ1) is 38.1. The maximum atomic E-state index is 13.0. The summed E-state index contributed by atoms with van der Waals surface area (Å²) in [4.78, 5) is 13.0. The molecule has 0 fully saturated rings. The van der Waals surface area contributed by atoms with Crippen LogP contribution in [0.1, 0.15) is 433 Å². The molecule has 470 valence electrons. The number of Topliss-reactive ketones (excluding diaryl/α,β-unsaturated/α-hetero) is 1. The van der Waals surface area contributed by atoms with Crippen molar-refractivity contribution in [1.29, 1.82) is 0 Å². The van der Waals surface area contributed by atoms with Crippen LogP contribution in [0.3, 0.4) is 0 Å². The first-order valence-corrected chi connectivity index (χ1v) is 37.1. The molecule has 0 spiro atoms. The van der Waals surface area contributed by atoms with E-state index in [0.29, 0.717) is 18.8 Å². The van der Waals surface area contributed by atoms with Gasteiger partial charge in [0.2, 0.25) is 0 Å². The SMILES string of the molecule is CCCCCCCCCCCCCCCCCCCCCCCCCCCCCCCCCCCCCCCC[N+](CC)(CCCCCCCCCCCC)CC(CC)OCC(=O)CCCCCCCCCCCCCC.[I-]. The van der Waals surface area contributed by atoms with Crippen molar-refractivity contribution < 1.29 is 38.0 Å². The van der Waals surface area contributed by atoms with E-state index < -0.39 is 0 Å². The van der Waals surface area contributed by atoms with E-state index in [2.05, 4.69) is 34.6 Å². The summed E-state index contributed by atoms with van der Waals surface area (Å²) in [6, 6.07) is 0. The lowest BCUT2D eigenvalue weighted by Crippen LogP contribution is -3.00. The van der Waals surface area contributed by atoms with Gasteiger partial charge in [-0.2, -0.15) is 0 Å². The minimum absolute atomic E-state index is 0. The van der Waals surface area contributed by atoms with Gasteiger partial charge in [-0.15, -0.1) is 0 Å². The van der Waals surface area contributed by atoms with E-state index in [1.165, 1.54) is 403 Å². The normalized spacial score (nSPS) is 12.8. The minimum atomic E-state index is 0. The van der Waals surface area contributed by atoms with Crippen LogP contribution in [-0.2, 0) is 9.53 Å². The predicted molar refractivity (Wildman–Crippen MR) is 349 cm³/mol. The van der Waals surface area contributed by atoms with Gasteiger partial charge in [0.05, 0.1) is 19.6 Å². The maximum Gasteiger partial charge on any atom is 0.158 e. The van der Waals surface area contributed by atoms with Gasteiger partial charge >= 0.3 is 0 Å². The zero-order chi connectivity index (χ0) is 55.7. The number of hydrogen-bond acceptors (Lipinski definition) is 2. The molecule has 0 saturated heterocycles. The number of rotatable bonds is 70. The van der Waals surface area contributed by atoms with Crippen molar-refractivity contribution in [1.82, 2.24) is 0 Å². The molecule has 0 saturated carbocycles. The second kappa shape index (κ2) is 69.8. The standard InChI is InChI=1S/C74H150NO2.HI/c1-6-11-14-17-20-23-26-28-29-30-31-32-33-34-35-36-37-38-39-40-41-42-43-44-45-46-47-48-49-50-51-52-53-55-58-61-64-67-70-75(10-5,69-66-63-60-57-25-22-19-16-13-8-3)71-74(9-4)77-72-73(76)68-65-62-59-56-54-27-24-21-18-15-12-7-2;/h74H,6-72H2,1-5H3;1H/q+1;/p-1. The predicted octanol–water partition coefficient (Wildman–Crippen LogP) is 23.0. The molecule has 2 unspecified atom stereocenters. The lowest BCUT2D eigenvalue weighted by Gasteiger charge is -2.40. The first kappa shape index (κ1) is 80.4. The van der Waals surface area contributed by atoms with Gasteiger partial charge in [-0.05, 0) is 45.4 Å². The number of ketones is 1. The fraction of sp³-hybridized carbons (Fsp3) is 0.986. The van der Waals surface area contributed by atoms with Crippen molar-refractivity contribution in [2.75, 3.05) is 32.8 Å². The molecule has 3 nitrogen and oxygen atoms in total. The monoisotopic (exact) mass is 1210 g/mol. The highest BCUT2D eigenvalue weighted by molar-refractivity contribution is 5.79. The van der Waals surface area contributed by atoms with Crippen molar-refractivity contribution in [3.05, 3.63) is 0 Å². The smallest absolute Gasteiger partial charge is 0.158 e. The third-order valence-corrected chi connectivity index (χ3v) is 18.5. The quantitative estimate of drug-likeness (QED) is 0.0345. The van der Waals surface area contributed by atoms with Gasteiger partial charge in [-0.3, -0.25) is 4.79 Å². The van der Waals surface area contributed by atoms with E-state index in [1.54, 1.807) is 0 Å². The number of carbonyl (C=O) groups excluding carboxylic acids is 1. The molecule has 0 N–H and O–H groups in total. The summed E-state index contributed by atoms with van der Waals surface area (Å²) in [7, 11) is 0. The Morgan fingerprint density at radius 1 is 0.282 bits per heavy atom. The second-order valence-electron chi connectivity index (χ2n) is 26.1. The molecule has 0 bridgehead atoms. The third-order valence-electron chi connectivity index (χ3n) is 18.5. The Labute approximate surface area is 512 Å². The van der Waals surface area contributed by atoms with Crippen LogP contribution in [0, 0.1) is 0 Å². The maximum absolute atomic E-state index is 13.0. The van der Waals surface area contributed by atoms with Crippen LogP contribution < -0.4 is 24.0 Å². The number of nitrogens with zero attached hydrogens (tertiary/aromatic N) is 1. The van der Waals surface area contributed by atoms with Crippen LogP contribution >= 0.6 is 0 Å². The Kier molecular flexibility index (Phi) is 71.9. The van der Waals surface area contributed by atoms with Crippen LogP contribution in [0.4, 0.5) is 0 Å². The van der Waals surface area contributed by atoms with Gasteiger partial charge < -0.3 is 33.2 Å². The van der Waals surface area contributed by atoms with Crippen molar-refractivity contribution >= 4 is 5.78 Å². The minimum Gasteiger partial charge on any atom is -1.00 e. The molecule has 0 radical (unpaired) electrons. The number of hydrogen-bond donors (Lipinski definition) is 0. The average molecular weight is 1210 g/mol. The number of likely N-dealkylation sites (N-methyl/N-ethyl adjacent to an activating group) is 1. The van der Waals surface area contributed by atoms with Gasteiger partial charge in [0.25, 0.3) is 0 Å². The molecule has 0 aliphatic carbocycles. The Balaban J connectivity index is 0. The van der Waals surface area contributed by atoms with Crippen LogP contribution in [0.2, 0.25) is 0 Å². The zero-order valence-corrected chi connectivity index (χ0v) is 57.3.